The smallest absolute Gasteiger partial charge is 0.203 e. The molecular weight excluding hydrogens is 180 g/mol. The predicted octanol–water partition coefficient (Wildman–Crippen LogP) is 1.65. The second-order valence-electron chi connectivity index (χ2n) is 3.68. The molecule has 2 heterocycles. The van der Waals surface area contributed by atoms with Gasteiger partial charge in [0, 0.05) is 5.92 Å². The quantitative estimate of drug-likeness (QED) is 0.506. The molecule has 0 aromatic heterocycles. The third kappa shape index (κ3) is 1.60. The van der Waals surface area contributed by atoms with Crippen LogP contribution >= 0.6 is 0 Å². The molecule has 0 N–H and O–H groups in total. The van der Waals surface area contributed by atoms with Crippen LogP contribution in [0.5, 0.6) is 0 Å². The van der Waals surface area contributed by atoms with Crippen molar-refractivity contribution < 1.29 is 14.3 Å². The van der Waals surface area contributed by atoms with Gasteiger partial charge in [0.15, 0.2) is 12.0 Å². The van der Waals surface area contributed by atoms with E-state index >= 15 is 0 Å². The number of carbonyl (C=O) groups excluding carboxylic acids is 1. The van der Waals surface area contributed by atoms with E-state index in [2.05, 4.69) is 6.58 Å². The topological polar surface area (TPSA) is 35.5 Å². The molecule has 3 heteroatoms. The molecule has 3 nitrogen and oxygen atoms in total. The van der Waals surface area contributed by atoms with Crippen molar-refractivity contribution in [3.05, 3.63) is 24.5 Å². The van der Waals surface area contributed by atoms with Gasteiger partial charge in [-0.1, -0.05) is 6.08 Å². The van der Waals surface area contributed by atoms with Crippen molar-refractivity contribution in [2.75, 3.05) is 6.61 Å². The maximum atomic E-state index is 10.6. The predicted molar refractivity (Wildman–Crippen MR) is 51.4 cm³/mol. The van der Waals surface area contributed by atoms with Gasteiger partial charge in [-0.05, 0) is 24.8 Å². The van der Waals surface area contributed by atoms with Gasteiger partial charge in [-0.3, -0.25) is 4.79 Å². The van der Waals surface area contributed by atoms with Gasteiger partial charge in [-0.15, -0.1) is 6.58 Å². The first kappa shape index (κ1) is 9.46. The number of hydrogen-bond acceptors (Lipinski definition) is 3. The van der Waals surface area contributed by atoms with Crippen LogP contribution in [0.25, 0.3) is 0 Å². The summed E-state index contributed by atoms with van der Waals surface area (Å²) in [6.45, 7) is 4.45. The van der Waals surface area contributed by atoms with Gasteiger partial charge in [0.1, 0.15) is 0 Å². The summed E-state index contributed by atoms with van der Waals surface area (Å²) in [4.78, 5) is 10.6. The standard InChI is InChI=1S/C11H14O3/c1-2-3-8-6-9(7-12)14-11-10(8)4-5-13-11/h2,6-8,10-11H,1,3-5H2/t8-,10+,11-/m0/s1. The molecule has 14 heavy (non-hydrogen) atoms. The molecule has 0 saturated carbocycles. The van der Waals surface area contributed by atoms with Crippen molar-refractivity contribution >= 4 is 6.29 Å². The van der Waals surface area contributed by atoms with Crippen LogP contribution in [0.15, 0.2) is 24.5 Å². The highest BCUT2D eigenvalue weighted by atomic mass is 16.7. The van der Waals surface area contributed by atoms with E-state index in [4.69, 9.17) is 9.47 Å². The largest absolute Gasteiger partial charge is 0.462 e. The van der Waals surface area contributed by atoms with Crippen molar-refractivity contribution in [1.82, 2.24) is 0 Å². The van der Waals surface area contributed by atoms with Crippen LogP contribution in [0.2, 0.25) is 0 Å². The van der Waals surface area contributed by atoms with Crippen molar-refractivity contribution in [2.45, 2.75) is 19.1 Å². The first-order valence-corrected chi connectivity index (χ1v) is 4.91. The second-order valence-corrected chi connectivity index (χ2v) is 3.68. The Labute approximate surface area is 83.4 Å². The van der Waals surface area contributed by atoms with Gasteiger partial charge >= 0.3 is 0 Å². The Balaban J connectivity index is 2.17. The molecule has 2 aliphatic heterocycles. The molecule has 0 aliphatic carbocycles. The van der Waals surface area contributed by atoms with Crippen LogP contribution in [-0.4, -0.2) is 19.2 Å². The fraction of sp³-hybridized carbons (Fsp3) is 0.545. The Kier molecular flexibility index (Phi) is 2.68. The summed E-state index contributed by atoms with van der Waals surface area (Å²) in [6.07, 6.45) is 6.19. The third-order valence-corrected chi connectivity index (χ3v) is 2.82. The minimum atomic E-state index is -0.217. The fourth-order valence-electron chi connectivity index (χ4n) is 2.13. The van der Waals surface area contributed by atoms with Crippen LogP contribution in [-0.2, 0) is 14.3 Å². The average Bonchev–Trinajstić information content (AvgIpc) is 2.66. The zero-order valence-corrected chi connectivity index (χ0v) is 8.02. The number of aldehydes is 1. The second kappa shape index (κ2) is 3.96. The maximum Gasteiger partial charge on any atom is 0.203 e. The highest BCUT2D eigenvalue weighted by molar-refractivity contribution is 5.70. The van der Waals surface area contributed by atoms with Gasteiger partial charge in [0.2, 0.25) is 6.29 Å². The van der Waals surface area contributed by atoms with E-state index in [1.807, 2.05) is 12.2 Å². The van der Waals surface area contributed by atoms with E-state index in [1.54, 1.807) is 0 Å². The lowest BCUT2D eigenvalue weighted by Crippen LogP contribution is -2.30. The molecule has 0 unspecified atom stereocenters. The molecule has 1 saturated heterocycles. The molecule has 2 rings (SSSR count). The van der Waals surface area contributed by atoms with Crippen molar-refractivity contribution in [1.29, 1.82) is 0 Å². The van der Waals surface area contributed by atoms with Crippen LogP contribution in [0.1, 0.15) is 12.8 Å². The van der Waals surface area contributed by atoms with E-state index in [1.165, 1.54) is 0 Å². The number of carbonyl (C=O) groups is 1. The molecule has 3 atom stereocenters. The van der Waals surface area contributed by atoms with E-state index in [9.17, 15) is 4.79 Å². The third-order valence-electron chi connectivity index (χ3n) is 2.82. The van der Waals surface area contributed by atoms with Crippen molar-refractivity contribution in [3.8, 4) is 0 Å². The minimum Gasteiger partial charge on any atom is -0.462 e. The SMILES string of the molecule is C=CC[C@H]1C=C(C=O)O[C@@H]2OCC[C@@H]21. The molecule has 0 radical (unpaired) electrons. The first-order chi connectivity index (χ1) is 6.85. The summed E-state index contributed by atoms with van der Waals surface area (Å²) >= 11 is 0. The van der Waals surface area contributed by atoms with E-state index < -0.39 is 0 Å². The summed E-state index contributed by atoms with van der Waals surface area (Å²) < 4.78 is 10.8. The fourth-order valence-corrected chi connectivity index (χ4v) is 2.13. The molecule has 0 amide bonds. The molecule has 2 aliphatic rings. The molecule has 0 bridgehead atoms. The average molecular weight is 194 g/mol. The summed E-state index contributed by atoms with van der Waals surface area (Å²) in [6, 6.07) is 0. The van der Waals surface area contributed by atoms with Gasteiger partial charge < -0.3 is 9.47 Å². The Morgan fingerprint density at radius 2 is 2.50 bits per heavy atom. The zero-order valence-electron chi connectivity index (χ0n) is 8.02. The van der Waals surface area contributed by atoms with Crippen LogP contribution in [0.4, 0.5) is 0 Å². The van der Waals surface area contributed by atoms with E-state index in [-0.39, 0.29) is 6.29 Å². The van der Waals surface area contributed by atoms with Gasteiger partial charge in [0.05, 0.1) is 6.61 Å². The first-order valence-electron chi connectivity index (χ1n) is 4.91. The summed E-state index contributed by atoms with van der Waals surface area (Å²) in [5.41, 5.74) is 0. The lowest BCUT2D eigenvalue weighted by Gasteiger charge is -2.29. The Bertz CT molecular complexity index is 270. The molecule has 1 fully saturated rings. The zero-order chi connectivity index (χ0) is 9.97. The number of allylic oxidation sites excluding steroid dienone is 3. The van der Waals surface area contributed by atoms with Gasteiger partial charge in [0.25, 0.3) is 0 Å². The number of hydrogen-bond donors (Lipinski definition) is 0. The lowest BCUT2D eigenvalue weighted by atomic mass is 9.86. The monoisotopic (exact) mass is 194 g/mol. The Morgan fingerprint density at radius 1 is 1.64 bits per heavy atom. The maximum absolute atomic E-state index is 10.6. The van der Waals surface area contributed by atoms with Crippen molar-refractivity contribution in [3.63, 3.8) is 0 Å². The molecule has 0 aromatic carbocycles. The highest BCUT2D eigenvalue weighted by Crippen LogP contribution is 2.37. The normalized spacial score (nSPS) is 35.4. The van der Waals surface area contributed by atoms with E-state index in [0.717, 1.165) is 25.7 Å². The van der Waals surface area contributed by atoms with Gasteiger partial charge in [-0.2, -0.15) is 0 Å². The van der Waals surface area contributed by atoms with E-state index in [0.29, 0.717) is 17.6 Å². The Hall–Kier alpha value is -1.09. The van der Waals surface area contributed by atoms with Crippen molar-refractivity contribution in [2.24, 2.45) is 11.8 Å². The number of ether oxygens (including phenoxy) is 2. The van der Waals surface area contributed by atoms with Crippen LogP contribution in [0.3, 0.4) is 0 Å². The lowest BCUT2D eigenvalue weighted by molar-refractivity contribution is -0.132. The van der Waals surface area contributed by atoms with Crippen LogP contribution < -0.4 is 0 Å². The molecule has 0 aromatic rings. The highest BCUT2D eigenvalue weighted by Gasteiger charge is 2.38. The number of fused-ring (bicyclic) bond motifs is 1. The minimum absolute atomic E-state index is 0.217. The number of rotatable bonds is 3. The Morgan fingerprint density at radius 3 is 3.21 bits per heavy atom. The summed E-state index contributed by atoms with van der Waals surface area (Å²) in [7, 11) is 0. The van der Waals surface area contributed by atoms with Gasteiger partial charge in [-0.25, -0.2) is 0 Å². The van der Waals surface area contributed by atoms with Crippen LogP contribution in [0, 0.1) is 11.8 Å². The molecular formula is C11H14O3. The summed E-state index contributed by atoms with van der Waals surface area (Å²) in [5.74, 6) is 1.13. The molecule has 76 valence electrons. The summed E-state index contributed by atoms with van der Waals surface area (Å²) in [5, 5.41) is 0. The molecule has 0 spiro atoms.